The summed E-state index contributed by atoms with van der Waals surface area (Å²) in [4.78, 5) is 55.9. The van der Waals surface area contributed by atoms with Crippen molar-refractivity contribution >= 4 is 23.8 Å². The molecule has 1 fully saturated rings. The smallest absolute Gasteiger partial charge is 0.340 e. The normalized spacial score (nSPS) is 27.8. The zero-order valence-electron chi connectivity index (χ0n) is 14.6. The van der Waals surface area contributed by atoms with Crippen molar-refractivity contribution in [2.24, 2.45) is 0 Å². The maximum Gasteiger partial charge on any atom is 0.340 e. The molecule has 12 heteroatoms. The fraction of sp³-hybridized carbons (Fsp3) is 0.714. The maximum absolute atomic E-state index is 11.5. The largest absolute Gasteiger partial charge is 0.463 e. The highest BCUT2D eigenvalue weighted by molar-refractivity contribution is 5.73. The molecule has 1 saturated heterocycles. The molecule has 0 bridgehead atoms. The van der Waals surface area contributed by atoms with Gasteiger partial charge < -0.3 is 24.3 Å². The minimum atomic E-state index is -1.82. The zero-order chi connectivity index (χ0) is 20.0. The summed E-state index contributed by atoms with van der Waals surface area (Å²) in [6, 6.07) is -1.43. The van der Waals surface area contributed by atoms with E-state index in [9.17, 15) is 29.3 Å². The first-order valence-corrected chi connectivity index (χ1v) is 7.56. The number of nitrogens with zero attached hydrogens (tertiary/aromatic N) is 1. The number of nitro groups is 1. The first kappa shape index (κ1) is 21.3. The van der Waals surface area contributed by atoms with E-state index in [1.54, 1.807) is 0 Å². The molecular weight excluding hydrogens is 356 g/mol. The zero-order valence-corrected chi connectivity index (χ0v) is 14.6. The van der Waals surface area contributed by atoms with Crippen molar-refractivity contribution in [3.05, 3.63) is 10.1 Å². The molecule has 1 rings (SSSR count). The maximum atomic E-state index is 11.5. The fourth-order valence-corrected chi connectivity index (χ4v) is 2.49. The van der Waals surface area contributed by atoms with Gasteiger partial charge in [0, 0.05) is 27.7 Å². The molecule has 5 atom stereocenters. The molecule has 26 heavy (non-hydrogen) atoms. The van der Waals surface area contributed by atoms with Gasteiger partial charge in [0.25, 0.3) is 0 Å². The van der Waals surface area contributed by atoms with Crippen LogP contribution in [-0.4, -0.2) is 65.9 Å². The summed E-state index contributed by atoms with van der Waals surface area (Å²) < 4.78 is 20.2. The third-order valence-corrected chi connectivity index (χ3v) is 3.30. The Labute approximate surface area is 148 Å². The van der Waals surface area contributed by atoms with Crippen LogP contribution in [0.3, 0.4) is 0 Å². The van der Waals surface area contributed by atoms with E-state index in [1.807, 2.05) is 0 Å². The van der Waals surface area contributed by atoms with E-state index in [0.717, 1.165) is 27.7 Å². The topological polar surface area (TPSA) is 160 Å². The Morgan fingerprint density at radius 1 is 1.00 bits per heavy atom. The van der Waals surface area contributed by atoms with Crippen LogP contribution in [0.4, 0.5) is 0 Å². The number of hydrogen-bond donors (Lipinski definition) is 1. The van der Waals surface area contributed by atoms with Crippen LogP contribution in [0.2, 0.25) is 0 Å². The third kappa shape index (κ3) is 5.95. The van der Waals surface area contributed by atoms with Gasteiger partial charge in [-0.05, 0) is 0 Å². The van der Waals surface area contributed by atoms with Crippen molar-refractivity contribution in [1.29, 1.82) is 0 Å². The SMILES string of the molecule is CC(=O)N[C@H]1[C@H](OC(C)=O)[C@H](OC(C)=O)[C@H](COC(C)=O)O[C@@H]1[N+](=O)[O-]. The summed E-state index contributed by atoms with van der Waals surface area (Å²) in [6.07, 6.45) is -5.88. The average Bonchev–Trinajstić information content (AvgIpc) is 2.47. The lowest BCUT2D eigenvalue weighted by molar-refractivity contribution is -0.594. The molecule has 1 heterocycles. The molecule has 0 aromatic heterocycles. The fourth-order valence-electron chi connectivity index (χ4n) is 2.49. The van der Waals surface area contributed by atoms with Crippen LogP contribution in [0, 0.1) is 10.1 Å². The number of carbonyl (C=O) groups is 4. The molecular formula is C14H20N2O10. The van der Waals surface area contributed by atoms with Gasteiger partial charge >= 0.3 is 24.1 Å². The van der Waals surface area contributed by atoms with E-state index in [-0.39, 0.29) is 0 Å². The van der Waals surface area contributed by atoms with Crippen LogP contribution in [0.1, 0.15) is 27.7 Å². The van der Waals surface area contributed by atoms with E-state index in [0.29, 0.717) is 0 Å². The van der Waals surface area contributed by atoms with Gasteiger partial charge in [-0.3, -0.25) is 29.3 Å². The van der Waals surface area contributed by atoms with Crippen LogP contribution < -0.4 is 5.32 Å². The number of amides is 1. The number of rotatable bonds is 6. The molecule has 0 spiro atoms. The monoisotopic (exact) mass is 376 g/mol. The Kier molecular flexibility index (Phi) is 7.43. The van der Waals surface area contributed by atoms with Crippen molar-refractivity contribution in [3.63, 3.8) is 0 Å². The van der Waals surface area contributed by atoms with Crippen molar-refractivity contribution < 1.29 is 43.0 Å². The van der Waals surface area contributed by atoms with Crippen LogP contribution in [0.15, 0.2) is 0 Å². The lowest BCUT2D eigenvalue weighted by atomic mass is 9.95. The van der Waals surface area contributed by atoms with Crippen LogP contribution in [0.25, 0.3) is 0 Å². The van der Waals surface area contributed by atoms with Crippen LogP contribution in [-0.2, 0) is 38.1 Å². The van der Waals surface area contributed by atoms with E-state index >= 15 is 0 Å². The van der Waals surface area contributed by atoms with E-state index < -0.39 is 65.9 Å². The Morgan fingerprint density at radius 2 is 1.54 bits per heavy atom. The highest BCUT2D eigenvalue weighted by Gasteiger charge is 2.55. The van der Waals surface area contributed by atoms with Gasteiger partial charge in [0.15, 0.2) is 18.2 Å². The molecule has 1 aliphatic heterocycles. The van der Waals surface area contributed by atoms with Gasteiger partial charge in [-0.1, -0.05) is 0 Å². The molecule has 0 saturated carbocycles. The average molecular weight is 376 g/mol. The van der Waals surface area contributed by atoms with E-state index in [2.05, 4.69) is 5.32 Å². The second kappa shape index (κ2) is 9.08. The number of carbonyl (C=O) groups excluding carboxylic acids is 4. The van der Waals surface area contributed by atoms with Crippen molar-refractivity contribution in [1.82, 2.24) is 5.32 Å². The van der Waals surface area contributed by atoms with E-state index in [4.69, 9.17) is 18.9 Å². The van der Waals surface area contributed by atoms with E-state index in [1.165, 1.54) is 0 Å². The molecule has 0 aromatic rings. The summed E-state index contributed by atoms with van der Waals surface area (Å²) >= 11 is 0. The highest BCUT2D eigenvalue weighted by Crippen LogP contribution is 2.27. The molecule has 1 aliphatic rings. The first-order valence-electron chi connectivity index (χ1n) is 7.56. The van der Waals surface area contributed by atoms with Crippen LogP contribution >= 0.6 is 0 Å². The second-order valence-electron chi connectivity index (χ2n) is 5.53. The van der Waals surface area contributed by atoms with Crippen molar-refractivity contribution in [2.75, 3.05) is 6.61 Å². The summed E-state index contributed by atoms with van der Waals surface area (Å²) in [7, 11) is 0. The Hall–Kier alpha value is -2.76. The second-order valence-corrected chi connectivity index (χ2v) is 5.53. The van der Waals surface area contributed by atoms with Crippen molar-refractivity contribution in [3.8, 4) is 0 Å². The molecule has 1 amide bonds. The Balaban J connectivity index is 3.29. The molecule has 1 N–H and O–H groups in total. The molecule has 12 nitrogen and oxygen atoms in total. The van der Waals surface area contributed by atoms with Crippen LogP contribution in [0.5, 0.6) is 0 Å². The minimum absolute atomic E-state index is 0.484. The summed E-state index contributed by atoms with van der Waals surface area (Å²) in [6.45, 7) is 3.85. The van der Waals surface area contributed by atoms with Gasteiger partial charge in [0.2, 0.25) is 5.91 Å². The summed E-state index contributed by atoms with van der Waals surface area (Å²) in [5.41, 5.74) is 0. The molecule has 0 radical (unpaired) electrons. The van der Waals surface area contributed by atoms with Gasteiger partial charge in [-0.15, -0.1) is 0 Å². The molecule has 0 unspecified atom stereocenters. The minimum Gasteiger partial charge on any atom is -0.463 e. The Bertz CT molecular complexity index is 592. The molecule has 0 aliphatic carbocycles. The predicted octanol–water partition coefficient (Wildman–Crippen LogP) is -1.08. The summed E-state index contributed by atoms with van der Waals surface area (Å²) in [5, 5.41) is 13.6. The van der Waals surface area contributed by atoms with Gasteiger partial charge in [0.05, 0.1) is 4.92 Å². The quantitative estimate of drug-likeness (QED) is 0.261. The van der Waals surface area contributed by atoms with Crippen molar-refractivity contribution in [2.45, 2.75) is 58.3 Å². The predicted molar refractivity (Wildman–Crippen MR) is 81.0 cm³/mol. The van der Waals surface area contributed by atoms with Gasteiger partial charge in [-0.25, -0.2) is 0 Å². The third-order valence-electron chi connectivity index (χ3n) is 3.30. The summed E-state index contributed by atoms with van der Waals surface area (Å²) in [5.74, 6) is -2.95. The Morgan fingerprint density at radius 3 is 1.96 bits per heavy atom. The number of esters is 3. The van der Waals surface area contributed by atoms with Gasteiger partial charge in [0.1, 0.15) is 12.7 Å². The lowest BCUT2D eigenvalue weighted by Crippen LogP contribution is -2.67. The first-order chi connectivity index (χ1) is 12.0. The number of ether oxygens (including phenoxy) is 4. The van der Waals surface area contributed by atoms with Gasteiger partial charge in [-0.2, -0.15) is 0 Å². The standard InChI is InChI=1S/C14H20N2O10/c1-6(17)15-11-13(25-9(4)20)12(24-8(3)19)10(5-23-7(2)18)26-14(11)16(21)22/h10-14H,5H2,1-4H3,(H,15,17)/t10-,11-,12+,13-,14-/m0/s1. The highest BCUT2D eigenvalue weighted by atomic mass is 16.7. The number of hydrogen-bond acceptors (Lipinski definition) is 10. The molecule has 0 aromatic carbocycles. The number of nitrogens with one attached hydrogen (secondary N) is 1. The lowest BCUT2D eigenvalue weighted by Gasteiger charge is -2.41. The molecule has 146 valence electrons.